The second-order valence-electron chi connectivity index (χ2n) is 7.16. The van der Waals surface area contributed by atoms with Gasteiger partial charge < -0.3 is 30.4 Å². The summed E-state index contributed by atoms with van der Waals surface area (Å²) in [6, 6.07) is 1.76. The number of carbonyl (C=O) groups excluding carboxylic acids is 2. The van der Waals surface area contributed by atoms with Gasteiger partial charge >= 0.3 is 6.09 Å². The Kier molecular flexibility index (Phi) is 13.1. The third-order valence-corrected chi connectivity index (χ3v) is 3.39. The normalized spacial score (nSPS) is 11.3. The van der Waals surface area contributed by atoms with E-state index in [1.807, 2.05) is 34.6 Å². The minimum atomic E-state index is -0.515. The van der Waals surface area contributed by atoms with Crippen LogP contribution in [-0.4, -0.2) is 56.3 Å². The number of aliphatic imine (C=N–C) groups is 1. The Morgan fingerprint density at radius 3 is 2.38 bits per heavy atom. The van der Waals surface area contributed by atoms with Crippen LogP contribution in [0.15, 0.2) is 21.7 Å². The second kappa shape index (κ2) is 14.1. The van der Waals surface area contributed by atoms with Gasteiger partial charge in [-0.05, 0) is 47.1 Å². The number of guanidine groups is 1. The van der Waals surface area contributed by atoms with Crippen molar-refractivity contribution in [1.82, 2.24) is 21.3 Å². The minimum absolute atomic E-state index is 0. The van der Waals surface area contributed by atoms with E-state index in [4.69, 9.17) is 9.15 Å². The summed E-state index contributed by atoms with van der Waals surface area (Å²) in [6.07, 6.45) is 1.75. The third-order valence-electron chi connectivity index (χ3n) is 3.39. The Morgan fingerprint density at radius 1 is 1.10 bits per heavy atom. The highest BCUT2D eigenvalue weighted by Gasteiger charge is 2.15. The first-order chi connectivity index (χ1) is 13.2. The molecular weight excluding hydrogens is 489 g/mol. The molecule has 9 nitrogen and oxygen atoms in total. The SMILES string of the molecule is CCNC(=NCCCNC(=O)c1occc1C)NCCNC(=O)OC(C)(C)C.I. The van der Waals surface area contributed by atoms with Crippen LogP contribution in [0.1, 0.15) is 50.2 Å². The molecule has 1 aromatic heterocycles. The Hall–Kier alpha value is -1.98. The number of halogens is 1. The van der Waals surface area contributed by atoms with E-state index in [1.165, 1.54) is 6.26 Å². The standard InChI is InChI=1S/C19H33N5O4.HI/c1-6-20-17(23-11-12-24-18(26)28-19(3,4)5)22-10-7-9-21-16(25)15-14(2)8-13-27-15;/h8,13H,6-7,9-12H2,1-5H3,(H,21,25)(H,24,26)(H2,20,22,23);1H. The summed E-state index contributed by atoms with van der Waals surface area (Å²) in [5.74, 6) is 0.780. The van der Waals surface area contributed by atoms with Gasteiger partial charge in [0.05, 0.1) is 6.26 Å². The van der Waals surface area contributed by atoms with Crippen LogP contribution < -0.4 is 21.3 Å². The van der Waals surface area contributed by atoms with Crippen molar-refractivity contribution in [2.24, 2.45) is 4.99 Å². The Morgan fingerprint density at radius 2 is 1.79 bits per heavy atom. The number of alkyl carbamates (subject to hydrolysis) is 1. The molecular formula is C19H34IN5O4. The van der Waals surface area contributed by atoms with Crippen LogP contribution in [-0.2, 0) is 4.74 Å². The largest absolute Gasteiger partial charge is 0.459 e. The second-order valence-corrected chi connectivity index (χ2v) is 7.16. The highest BCUT2D eigenvalue weighted by molar-refractivity contribution is 14.0. The lowest BCUT2D eigenvalue weighted by molar-refractivity contribution is 0.0528. The van der Waals surface area contributed by atoms with Gasteiger partial charge in [-0.25, -0.2) is 4.79 Å². The van der Waals surface area contributed by atoms with Gasteiger partial charge in [0.2, 0.25) is 0 Å². The van der Waals surface area contributed by atoms with Crippen LogP contribution in [0.25, 0.3) is 0 Å². The molecule has 1 aromatic rings. The van der Waals surface area contributed by atoms with Crippen LogP contribution in [0.3, 0.4) is 0 Å². The summed E-state index contributed by atoms with van der Waals surface area (Å²) in [4.78, 5) is 28.0. The third kappa shape index (κ3) is 12.2. The van der Waals surface area contributed by atoms with Crippen LogP contribution in [0.4, 0.5) is 4.79 Å². The molecule has 0 unspecified atom stereocenters. The zero-order valence-corrected chi connectivity index (χ0v) is 20.2. The van der Waals surface area contributed by atoms with E-state index in [0.717, 1.165) is 12.1 Å². The summed E-state index contributed by atoms with van der Waals surface area (Å²) in [7, 11) is 0. The predicted octanol–water partition coefficient (Wildman–Crippen LogP) is 2.41. The zero-order valence-electron chi connectivity index (χ0n) is 17.9. The molecule has 0 saturated heterocycles. The molecule has 1 heterocycles. The summed E-state index contributed by atoms with van der Waals surface area (Å²) in [5.41, 5.74) is 0.299. The molecule has 0 aromatic carbocycles. The van der Waals surface area contributed by atoms with Gasteiger partial charge in [0.15, 0.2) is 11.7 Å². The molecule has 0 atom stereocenters. The zero-order chi connectivity index (χ0) is 21.0. The molecule has 0 fully saturated rings. The molecule has 29 heavy (non-hydrogen) atoms. The van der Waals surface area contributed by atoms with Crippen molar-refractivity contribution in [2.75, 3.05) is 32.7 Å². The minimum Gasteiger partial charge on any atom is -0.459 e. The number of hydrogen-bond donors (Lipinski definition) is 4. The van der Waals surface area contributed by atoms with Crippen LogP contribution in [0.5, 0.6) is 0 Å². The average molecular weight is 523 g/mol. The molecule has 1 rings (SSSR count). The highest BCUT2D eigenvalue weighted by Crippen LogP contribution is 2.08. The first-order valence-corrected chi connectivity index (χ1v) is 9.54. The molecule has 0 spiro atoms. The van der Waals surface area contributed by atoms with E-state index < -0.39 is 11.7 Å². The van der Waals surface area contributed by atoms with Crippen LogP contribution in [0.2, 0.25) is 0 Å². The fourth-order valence-electron chi connectivity index (χ4n) is 2.16. The number of amides is 2. The molecule has 10 heteroatoms. The van der Waals surface area contributed by atoms with E-state index in [1.54, 1.807) is 6.07 Å². The number of hydrogen-bond acceptors (Lipinski definition) is 5. The summed E-state index contributed by atoms with van der Waals surface area (Å²) < 4.78 is 10.3. The van der Waals surface area contributed by atoms with Crippen LogP contribution in [0, 0.1) is 6.92 Å². The molecule has 166 valence electrons. The monoisotopic (exact) mass is 523 g/mol. The number of nitrogens with zero attached hydrogens (tertiary/aromatic N) is 1. The van der Waals surface area contributed by atoms with Gasteiger partial charge in [-0.2, -0.15) is 0 Å². The quantitative estimate of drug-likeness (QED) is 0.171. The van der Waals surface area contributed by atoms with Crippen molar-refractivity contribution in [3.8, 4) is 0 Å². The maximum Gasteiger partial charge on any atom is 0.407 e. The predicted molar refractivity (Wildman–Crippen MR) is 124 cm³/mol. The summed E-state index contributed by atoms with van der Waals surface area (Å²) >= 11 is 0. The van der Waals surface area contributed by atoms with E-state index >= 15 is 0 Å². The lowest BCUT2D eigenvalue weighted by Gasteiger charge is -2.19. The number of furan rings is 1. The number of aryl methyl sites for hydroxylation is 1. The van der Waals surface area contributed by atoms with Gasteiger partial charge in [-0.3, -0.25) is 9.79 Å². The Balaban J connectivity index is 0.00000784. The molecule has 0 aliphatic heterocycles. The fourth-order valence-corrected chi connectivity index (χ4v) is 2.16. The van der Waals surface area contributed by atoms with Crippen molar-refractivity contribution in [3.63, 3.8) is 0 Å². The van der Waals surface area contributed by atoms with E-state index in [-0.39, 0.29) is 29.9 Å². The number of rotatable bonds is 9. The van der Waals surface area contributed by atoms with E-state index in [2.05, 4.69) is 26.3 Å². The van der Waals surface area contributed by atoms with Gasteiger partial charge in [-0.1, -0.05) is 0 Å². The molecule has 0 radical (unpaired) electrons. The van der Waals surface area contributed by atoms with Gasteiger partial charge in [0, 0.05) is 38.3 Å². The summed E-state index contributed by atoms with van der Waals surface area (Å²) in [5, 5.41) is 11.8. The number of carbonyl (C=O) groups is 2. The maximum absolute atomic E-state index is 11.9. The molecule has 0 bridgehead atoms. The first kappa shape index (κ1) is 27.0. The van der Waals surface area contributed by atoms with E-state index in [9.17, 15) is 9.59 Å². The fraction of sp³-hybridized carbons (Fsp3) is 0.632. The topological polar surface area (TPSA) is 117 Å². The lowest BCUT2D eigenvalue weighted by Crippen LogP contribution is -2.42. The summed E-state index contributed by atoms with van der Waals surface area (Å²) in [6.45, 7) is 12.0. The molecule has 2 amide bonds. The van der Waals surface area contributed by atoms with Crippen molar-refractivity contribution < 1.29 is 18.7 Å². The first-order valence-electron chi connectivity index (χ1n) is 9.54. The van der Waals surface area contributed by atoms with Crippen molar-refractivity contribution >= 4 is 41.9 Å². The van der Waals surface area contributed by atoms with Gasteiger partial charge in [0.1, 0.15) is 5.60 Å². The van der Waals surface area contributed by atoms with Crippen molar-refractivity contribution in [1.29, 1.82) is 0 Å². The molecule has 4 N–H and O–H groups in total. The van der Waals surface area contributed by atoms with Gasteiger partial charge in [-0.15, -0.1) is 24.0 Å². The Bertz CT molecular complexity index is 655. The Labute approximate surface area is 189 Å². The van der Waals surface area contributed by atoms with Crippen molar-refractivity contribution in [2.45, 2.75) is 46.6 Å². The lowest BCUT2D eigenvalue weighted by atomic mass is 10.2. The molecule has 0 aliphatic rings. The number of nitrogens with one attached hydrogen (secondary N) is 4. The average Bonchev–Trinajstić information content (AvgIpc) is 3.02. The highest BCUT2D eigenvalue weighted by atomic mass is 127. The number of ether oxygens (including phenoxy) is 1. The molecule has 0 aliphatic carbocycles. The van der Waals surface area contributed by atoms with Crippen LogP contribution >= 0.6 is 24.0 Å². The van der Waals surface area contributed by atoms with E-state index in [0.29, 0.717) is 44.3 Å². The van der Waals surface area contributed by atoms with Gasteiger partial charge in [0.25, 0.3) is 5.91 Å². The maximum atomic E-state index is 11.9. The smallest absolute Gasteiger partial charge is 0.407 e. The van der Waals surface area contributed by atoms with Crippen molar-refractivity contribution in [3.05, 3.63) is 23.7 Å². The molecule has 0 saturated carbocycles.